The van der Waals surface area contributed by atoms with E-state index in [2.05, 4.69) is 15.7 Å². The van der Waals surface area contributed by atoms with Gasteiger partial charge in [-0.3, -0.25) is 4.79 Å². The van der Waals surface area contributed by atoms with Crippen LogP contribution in [0.25, 0.3) is 38.7 Å². The highest BCUT2D eigenvalue weighted by Gasteiger charge is 2.16. The first-order valence-corrected chi connectivity index (χ1v) is 13.0. The molecule has 0 bridgehead atoms. The van der Waals surface area contributed by atoms with Crippen LogP contribution in [0, 0.1) is 5.82 Å². The summed E-state index contributed by atoms with van der Waals surface area (Å²) in [4.78, 5) is 17.5. The lowest BCUT2D eigenvalue weighted by Gasteiger charge is -2.12. The molecule has 7 aromatic rings. The Hall–Kier alpha value is -5.54. The Morgan fingerprint density at radius 3 is 2.54 bits per heavy atom. The van der Waals surface area contributed by atoms with Crippen molar-refractivity contribution in [2.75, 3.05) is 10.6 Å². The number of furan rings is 1. The molecule has 4 N–H and O–H groups in total. The third-order valence-corrected chi connectivity index (χ3v) is 6.98. The molecule has 8 nitrogen and oxygen atoms in total. The quantitative estimate of drug-likeness (QED) is 0.211. The zero-order chi connectivity index (χ0) is 27.9. The Morgan fingerprint density at radius 2 is 1.71 bits per heavy atom. The third-order valence-electron chi connectivity index (χ3n) is 6.98. The predicted octanol–water partition coefficient (Wildman–Crippen LogP) is 6.89. The summed E-state index contributed by atoms with van der Waals surface area (Å²) >= 11 is 0. The Labute approximate surface area is 233 Å². The van der Waals surface area contributed by atoms with Crippen LogP contribution in [0.3, 0.4) is 0 Å². The molecule has 0 aliphatic heterocycles. The number of nitrogens with two attached hydrogens (primary N) is 1. The molecule has 3 aromatic heterocycles. The van der Waals surface area contributed by atoms with Crippen molar-refractivity contribution in [3.05, 3.63) is 120 Å². The second-order valence-corrected chi connectivity index (χ2v) is 9.59. The van der Waals surface area contributed by atoms with E-state index < -0.39 is 11.7 Å². The Morgan fingerprint density at radius 1 is 0.902 bits per heavy atom. The third kappa shape index (κ3) is 4.44. The summed E-state index contributed by atoms with van der Waals surface area (Å²) in [5.74, 6) is -0.648. The van der Waals surface area contributed by atoms with Crippen molar-refractivity contribution in [1.29, 1.82) is 0 Å². The molecule has 1 amide bonds. The molecule has 41 heavy (non-hydrogen) atoms. The number of nitrogens with one attached hydrogen (secondary N) is 2. The van der Waals surface area contributed by atoms with Crippen LogP contribution >= 0.6 is 0 Å². The number of carbonyl (C=O) groups excluding carboxylic acids is 1. The van der Waals surface area contributed by atoms with E-state index >= 15 is 0 Å². The topological polar surface area (TPSA) is 110 Å². The van der Waals surface area contributed by atoms with Crippen LogP contribution < -0.4 is 16.4 Å². The molecule has 0 aliphatic carbocycles. The summed E-state index contributed by atoms with van der Waals surface area (Å²) in [6.45, 7) is 0.200. The van der Waals surface area contributed by atoms with Crippen molar-refractivity contribution in [3.8, 4) is 11.3 Å². The highest BCUT2D eigenvalue weighted by atomic mass is 19.1. The minimum absolute atomic E-state index is 0.0500. The molecule has 0 unspecified atom stereocenters. The molecule has 7 rings (SSSR count). The van der Waals surface area contributed by atoms with Crippen molar-refractivity contribution in [2.45, 2.75) is 6.54 Å². The first-order chi connectivity index (χ1) is 20.1. The number of para-hydroxylation sites is 2. The lowest BCUT2D eigenvalue weighted by molar-refractivity contribution is 0.102. The molecular formula is C32H23FN6O2. The van der Waals surface area contributed by atoms with Crippen molar-refractivity contribution < 1.29 is 13.6 Å². The van der Waals surface area contributed by atoms with Crippen LogP contribution in [0.5, 0.6) is 0 Å². The normalized spacial score (nSPS) is 11.4. The Balaban J connectivity index is 1.18. The zero-order valence-electron chi connectivity index (χ0n) is 21.6. The van der Waals surface area contributed by atoms with Gasteiger partial charge in [0.2, 0.25) is 5.95 Å². The maximum Gasteiger partial charge on any atom is 0.258 e. The van der Waals surface area contributed by atoms with Gasteiger partial charge in [-0.25, -0.2) is 13.9 Å². The number of hydrogen-bond donors (Lipinski definition) is 3. The molecule has 9 heteroatoms. The predicted molar refractivity (Wildman–Crippen MR) is 158 cm³/mol. The monoisotopic (exact) mass is 542 g/mol. The van der Waals surface area contributed by atoms with Crippen LogP contribution in [0.15, 0.2) is 108 Å². The van der Waals surface area contributed by atoms with Crippen LogP contribution in [-0.2, 0) is 6.54 Å². The average molecular weight is 543 g/mol. The Kier molecular flexibility index (Phi) is 5.91. The second kappa shape index (κ2) is 9.89. The van der Waals surface area contributed by atoms with Gasteiger partial charge in [0.15, 0.2) is 0 Å². The van der Waals surface area contributed by atoms with Crippen molar-refractivity contribution in [2.24, 2.45) is 5.73 Å². The number of halogens is 1. The number of carbonyl (C=O) groups is 1. The number of nitrogens with zero attached hydrogens (tertiary/aromatic N) is 3. The van der Waals surface area contributed by atoms with Crippen molar-refractivity contribution in [1.82, 2.24) is 14.6 Å². The highest BCUT2D eigenvalue weighted by molar-refractivity contribution is 6.09. The maximum absolute atomic E-state index is 14.3. The second-order valence-electron chi connectivity index (χ2n) is 9.59. The van der Waals surface area contributed by atoms with Gasteiger partial charge in [0, 0.05) is 34.3 Å². The van der Waals surface area contributed by atoms with Gasteiger partial charge in [0.25, 0.3) is 5.91 Å². The van der Waals surface area contributed by atoms with E-state index in [0.29, 0.717) is 17.2 Å². The van der Waals surface area contributed by atoms with E-state index in [1.807, 2.05) is 54.6 Å². The van der Waals surface area contributed by atoms with E-state index in [0.717, 1.165) is 44.4 Å². The fourth-order valence-electron chi connectivity index (χ4n) is 4.94. The van der Waals surface area contributed by atoms with E-state index in [4.69, 9.17) is 15.1 Å². The summed E-state index contributed by atoms with van der Waals surface area (Å²) in [6, 6.07) is 29.3. The molecule has 0 aliphatic rings. The number of aromatic nitrogens is 3. The van der Waals surface area contributed by atoms with Crippen molar-refractivity contribution >= 4 is 50.7 Å². The SMILES string of the molecule is NCc1ccc(C(=O)Nc2ccc(Nc3nc(-c4cccc5c4oc4ccccc45)cc4ccnn34)cc2)c(F)c1. The lowest BCUT2D eigenvalue weighted by Crippen LogP contribution is -2.14. The molecule has 0 saturated heterocycles. The number of rotatable bonds is 6. The van der Waals surface area contributed by atoms with E-state index in [9.17, 15) is 9.18 Å². The summed E-state index contributed by atoms with van der Waals surface area (Å²) in [6.07, 6.45) is 1.71. The van der Waals surface area contributed by atoms with Gasteiger partial charge in [-0.2, -0.15) is 5.10 Å². The van der Waals surface area contributed by atoms with Gasteiger partial charge in [-0.1, -0.05) is 36.4 Å². The van der Waals surface area contributed by atoms with Gasteiger partial charge >= 0.3 is 0 Å². The van der Waals surface area contributed by atoms with Crippen molar-refractivity contribution in [3.63, 3.8) is 0 Å². The fraction of sp³-hybridized carbons (Fsp3) is 0.0312. The van der Waals surface area contributed by atoms with Crippen LogP contribution in [0.1, 0.15) is 15.9 Å². The fourth-order valence-corrected chi connectivity index (χ4v) is 4.94. The van der Waals surface area contributed by atoms with E-state index in [1.54, 1.807) is 41.0 Å². The first kappa shape index (κ1) is 24.5. The molecule has 0 spiro atoms. The molecule has 200 valence electrons. The molecule has 0 fully saturated rings. The summed E-state index contributed by atoms with van der Waals surface area (Å²) in [5, 5.41) is 12.6. The largest absolute Gasteiger partial charge is 0.455 e. The number of fused-ring (bicyclic) bond motifs is 4. The minimum Gasteiger partial charge on any atom is -0.455 e. The highest BCUT2D eigenvalue weighted by Crippen LogP contribution is 2.36. The number of hydrogen-bond acceptors (Lipinski definition) is 6. The minimum atomic E-state index is -0.615. The number of amides is 1. The summed E-state index contributed by atoms with van der Waals surface area (Å²) in [5.41, 5.74) is 11.4. The standard InChI is InChI=1S/C32H23FN6O2/c33-27-16-19(18-34)8-13-25(27)31(40)36-20-9-11-21(12-10-20)37-32-38-28(17-22-14-15-35-39(22)32)26-6-3-5-24-23-4-1-2-7-29(23)41-30(24)26/h1-17H,18,34H2,(H,36,40)(H,37,38). The van der Waals surface area contributed by atoms with Crippen LogP contribution in [0.2, 0.25) is 0 Å². The zero-order valence-corrected chi connectivity index (χ0v) is 21.6. The molecule has 0 atom stereocenters. The molecular weight excluding hydrogens is 519 g/mol. The van der Waals surface area contributed by atoms with Gasteiger partial charge in [0.05, 0.1) is 23.0 Å². The molecule has 3 heterocycles. The van der Waals surface area contributed by atoms with Gasteiger partial charge in [0.1, 0.15) is 17.0 Å². The van der Waals surface area contributed by atoms with Crippen LogP contribution in [0.4, 0.5) is 21.7 Å². The molecule has 0 radical (unpaired) electrons. The Bertz CT molecular complexity index is 2080. The average Bonchev–Trinajstić information content (AvgIpc) is 3.63. The van der Waals surface area contributed by atoms with Gasteiger partial charge in [-0.05, 0) is 66.2 Å². The van der Waals surface area contributed by atoms with Gasteiger partial charge < -0.3 is 20.8 Å². The van der Waals surface area contributed by atoms with Crippen LogP contribution in [-0.4, -0.2) is 20.5 Å². The first-order valence-electron chi connectivity index (χ1n) is 13.0. The smallest absolute Gasteiger partial charge is 0.258 e. The lowest BCUT2D eigenvalue weighted by atomic mass is 10.1. The van der Waals surface area contributed by atoms with Gasteiger partial charge in [-0.15, -0.1) is 0 Å². The number of anilines is 3. The summed E-state index contributed by atoms with van der Waals surface area (Å²) in [7, 11) is 0. The van der Waals surface area contributed by atoms with E-state index in [1.165, 1.54) is 12.1 Å². The molecule has 0 saturated carbocycles. The molecule has 4 aromatic carbocycles. The van der Waals surface area contributed by atoms with E-state index in [-0.39, 0.29) is 12.1 Å². The maximum atomic E-state index is 14.3. The summed E-state index contributed by atoms with van der Waals surface area (Å²) < 4.78 is 22.3. The number of benzene rings is 4.